The van der Waals surface area contributed by atoms with Crippen LogP contribution in [0, 0.1) is 0 Å². The van der Waals surface area contributed by atoms with Crippen LogP contribution in [0.4, 0.5) is 0 Å². The molecule has 0 aliphatic carbocycles. The first-order valence-electron chi connectivity index (χ1n) is 8.63. The van der Waals surface area contributed by atoms with Crippen LogP contribution in [0.1, 0.15) is 78.1 Å². The standard InChI is InChI=1S/C17H38NO/c1-4-6-8-10-11-13-15-18(3,16-17-19)14-12-9-7-5-2/h19H,4-17H2,1-3H3/q+1. The highest BCUT2D eigenvalue weighted by atomic mass is 16.3. The maximum atomic E-state index is 9.26. The van der Waals surface area contributed by atoms with E-state index in [-0.39, 0.29) is 0 Å². The van der Waals surface area contributed by atoms with Gasteiger partial charge in [0, 0.05) is 0 Å². The van der Waals surface area contributed by atoms with Crippen molar-refractivity contribution in [1.82, 2.24) is 0 Å². The molecule has 0 amide bonds. The van der Waals surface area contributed by atoms with Gasteiger partial charge in [0.05, 0.1) is 26.7 Å². The lowest BCUT2D eigenvalue weighted by Gasteiger charge is -2.34. The predicted octanol–water partition coefficient (Wildman–Crippen LogP) is 4.37. The molecule has 0 saturated carbocycles. The smallest absolute Gasteiger partial charge is 0.102 e. The Labute approximate surface area is 121 Å². The average molecular weight is 272 g/mol. The first-order chi connectivity index (χ1) is 9.18. The van der Waals surface area contributed by atoms with E-state index in [0.29, 0.717) is 6.61 Å². The summed E-state index contributed by atoms with van der Waals surface area (Å²) in [5, 5.41) is 9.26. The summed E-state index contributed by atoms with van der Waals surface area (Å²) in [7, 11) is 2.33. The Hall–Kier alpha value is -0.0800. The molecular weight excluding hydrogens is 234 g/mol. The number of likely N-dealkylation sites (N-methyl/N-ethyl adjacent to an activating group) is 1. The third-order valence-electron chi connectivity index (χ3n) is 4.24. The minimum Gasteiger partial charge on any atom is -0.391 e. The number of quaternary nitrogens is 1. The Kier molecular flexibility index (Phi) is 12.9. The fourth-order valence-corrected chi connectivity index (χ4v) is 2.77. The van der Waals surface area contributed by atoms with Crippen molar-refractivity contribution in [3.8, 4) is 0 Å². The molecule has 0 bridgehead atoms. The van der Waals surface area contributed by atoms with Crippen molar-refractivity contribution in [2.45, 2.75) is 78.1 Å². The van der Waals surface area contributed by atoms with E-state index < -0.39 is 0 Å². The normalized spacial score (nSPS) is 14.5. The molecule has 0 radical (unpaired) electrons. The highest BCUT2D eigenvalue weighted by molar-refractivity contribution is 4.48. The van der Waals surface area contributed by atoms with E-state index in [9.17, 15) is 5.11 Å². The van der Waals surface area contributed by atoms with Crippen molar-refractivity contribution in [3.63, 3.8) is 0 Å². The molecule has 0 aliphatic heterocycles. The molecule has 0 aromatic rings. The molecule has 0 rings (SSSR count). The van der Waals surface area contributed by atoms with Crippen LogP contribution in [0.5, 0.6) is 0 Å². The number of hydrogen-bond donors (Lipinski definition) is 1. The quantitative estimate of drug-likeness (QED) is 0.368. The van der Waals surface area contributed by atoms with Gasteiger partial charge >= 0.3 is 0 Å². The fourth-order valence-electron chi connectivity index (χ4n) is 2.77. The lowest BCUT2D eigenvalue weighted by molar-refractivity contribution is -0.910. The van der Waals surface area contributed by atoms with Gasteiger partial charge in [0.1, 0.15) is 6.54 Å². The Balaban J connectivity index is 3.74. The second-order valence-corrected chi connectivity index (χ2v) is 6.34. The van der Waals surface area contributed by atoms with E-state index in [2.05, 4.69) is 20.9 Å². The molecule has 0 aromatic carbocycles. The molecule has 1 N–H and O–H groups in total. The Morgan fingerprint density at radius 1 is 0.632 bits per heavy atom. The molecule has 0 heterocycles. The zero-order valence-corrected chi connectivity index (χ0v) is 13.8. The van der Waals surface area contributed by atoms with Gasteiger partial charge in [0.15, 0.2) is 0 Å². The van der Waals surface area contributed by atoms with Crippen molar-refractivity contribution in [2.24, 2.45) is 0 Å². The van der Waals surface area contributed by atoms with E-state index in [1.165, 1.54) is 77.3 Å². The van der Waals surface area contributed by atoms with Gasteiger partial charge in [-0.1, -0.05) is 52.4 Å². The molecule has 0 fully saturated rings. The fraction of sp³-hybridized carbons (Fsp3) is 1.00. The highest BCUT2D eigenvalue weighted by Gasteiger charge is 2.19. The van der Waals surface area contributed by atoms with Crippen LogP contribution in [0.15, 0.2) is 0 Å². The molecule has 0 aromatic heterocycles. The first-order valence-corrected chi connectivity index (χ1v) is 8.63. The molecule has 0 aliphatic rings. The number of unbranched alkanes of at least 4 members (excludes halogenated alkanes) is 8. The molecule has 2 heteroatoms. The first kappa shape index (κ1) is 18.9. The van der Waals surface area contributed by atoms with Crippen LogP contribution < -0.4 is 0 Å². The minimum absolute atomic E-state index is 0.333. The topological polar surface area (TPSA) is 20.2 Å². The monoisotopic (exact) mass is 272 g/mol. The average Bonchev–Trinajstić information content (AvgIpc) is 2.39. The summed E-state index contributed by atoms with van der Waals surface area (Å²) >= 11 is 0. The number of nitrogens with zero attached hydrogens (tertiary/aromatic N) is 1. The third kappa shape index (κ3) is 11.4. The summed E-state index contributed by atoms with van der Waals surface area (Å²) in [4.78, 5) is 0. The van der Waals surface area contributed by atoms with Crippen molar-refractivity contribution >= 4 is 0 Å². The van der Waals surface area contributed by atoms with Crippen LogP contribution in [0.3, 0.4) is 0 Å². The third-order valence-corrected chi connectivity index (χ3v) is 4.24. The van der Waals surface area contributed by atoms with Crippen LogP contribution in [0.25, 0.3) is 0 Å². The number of aliphatic hydroxyl groups excluding tert-OH is 1. The van der Waals surface area contributed by atoms with E-state index in [1.807, 2.05) is 0 Å². The van der Waals surface area contributed by atoms with Crippen molar-refractivity contribution in [3.05, 3.63) is 0 Å². The van der Waals surface area contributed by atoms with Crippen molar-refractivity contribution in [2.75, 3.05) is 33.3 Å². The molecule has 1 unspecified atom stereocenters. The summed E-state index contributed by atoms with van der Waals surface area (Å²) in [6, 6.07) is 0. The Bertz CT molecular complexity index is 184. The van der Waals surface area contributed by atoms with Crippen LogP contribution in [-0.4, -0.2) is 42.9 Å². The second kappa shape index (κ2) is 12.9. The SMILES string of the molecule is CCCCCCCC[N+](C)(CCO)CCCCCC. The van der Waals surface area contributed by atoms with Gasteiger partial charge in [-0.3, -0.25) is 0 Å². The minimum atomic E-state index is 0.333. The predicted molar refractivity (Wildman–Crippen MR) is 85.4 cm³/mol. The van der Waals surface area contributed by atoms with E-state index >= 15 is 0 Å². The van der Waals surface area contributed by atoms with Gasteiger partial charge in [-0.2, -0.15) is 0 Å². The van der Waals surface area contributed by atoms with Gasteiger partial charge in [-0.15, -0.1) is 0 Å². The summed E-state index contributed by atoms with van der Waals surface area (Å²) in [5.74, 6) is 0. The van der Waals surface area contributed by atoms with Crippen LogP contribution in [0.2, 0.25) is 0 Å². The zero-order valence-electron chi connectivity index (χ0n) is 13.8. The maximum Gasteiger partial charge on any atom is 0.102 e. The lowest BCUT2D eigenvalue weighted by Crippen LogP contribution is -2.47. The van der Waals surface area contributed by atoms with Gasteiger partial charge in [0.2, 0.25) is 0 Å². The summed E-state index contributed by atoms with van der Waals surface area (Å²) in [6.07, 6.45) is 13.5. The van der Waals surface area contributed by atoms with E-state index in [0.717, 1.165) is 11.0 Å². The van der Waals surface area contributed by atoms with Gasteiger partial charge in [-0.25, -0.2) is 0 Å². The molecule has 0 spiro atoms. The molecule has 116 valence electrons. The van der Waals surface area contributed by atoms with Crippen molar-refractivity contribution < 1.29 is 9.59 Å². The van der Waals surface area contributed by atoms with Crippen LogP contribution in [-0.2, 0) is 0 Å². The highest BCUT2D eigenvalue weighted by Crippen LogP contribution is 2.12. The summed E-state index contributed by atoms with van der Waals surface area (Å²) in [5.41, 5.74) is 0. The molecule has 1 atom stereocenters. The summed E-state index contributed by atoms with van der Waals surface area (Å²) < 4.78 is 1.08. The van der Waals surface area contributed by atoms with Gasteiger partial charge in [0.25, 0.3) is 0 Å². The van der Waals surface area contributed by atoms with Crippen molar-refractivity contribution in [1.29, 1.82) is 0 Å². The summed E-state index contributed by atoms with van der Waals surface area (Å²) in [6.45, 7) is 8.29. The lowest BCUT2D eigenvalue weighted by atomic mass is 10.1. The number of aliphatic hydroxyl groups is 1. The zero-order chi connectivity index (χ0) is 14.4. The number of rotatable bonds is 14. The molecule has 0 saturated heterocycles. The van der Waals surface area contributed by atoms with E-state index in [1.54, 1.807) is 0 Å². The molecule has 2 nitrogen and oxygen atoms in total. The second-order valence-electron chi connectivity index (χ2n) is 6.34. The number of hydrogen-bond acceptors (Lipinski definition) is 1. The Morgan fingerprint density at radius 2 is 1.05 bits per heavy atom. The Morgan fingerprint density at radius 3 is 1.53 bits per heavy atom. The van der Waals surface area contributed by atoms with Gasteiger partial charge < -0.3 is 9.59 Å². The maximum absolute atomic E-state index is 9.26. The van der Waals surface area contributed by atoms with E-state index in [4.69, 9.17) is 0 Å². The van der Waals surface area contributed by atoms with Gasteiger partial charge in [-0.05, 0) is 25.7 Å². The van der Waals surface area contributed by atoms with Crippen LogP contribution >= 0.6 is 0 Å². The largest absolute Gasteiger partial charge is 0.391 e. The molecule has 19 heavy (non-hydrogen) atoms. The molecular formula is C17H38NO+.